The number of nitrogens with zero attached hydrogens (tertiary/aromatic N) is 3. The highest BCUT2D eigenvalue weighted by molar-refractivity contribution is 7.88. The minimum Gasteiger partial charge on any atom is -0.322 e. The lowest BCUT2D eigenvalue weighted by Gasteiger charge is -2.36. The zero-order chi connectivity index (χ0) is 26.2. The topological polar surface area (TPSA) is 78.0 Å². The molecular formula is C26H31F2N3O4S. The van der Waals surface area contributed by atoms with E-state index in [1.165, 1.54) is 26.2 Å². The third-order valence-electron chi connectivity index (χ3n) is 7.51. The van der Waals surface area contributed by atoms with Crippen molar-refractivity contribution >= 4 is 22.0 Å². The normalized spacial score (nSPS) is 22.8. The lowest BCUT2D eigenvalue weighted by molar-refractivity contribution is -0.130. The van der Waals surface area contributed by atoms with E-state index in [2.05, 4.69) is 0 Å². The van der Waals surface area contributed by atoms with Crippen LogP contribution in [0.4, 0.5) is 13.6 Å². The molecule has 2 unspecified atom stereocenters. The average Bonchev–Trinajstić information content (AvgIpc) is 3.06. The molecular weight excluding hydrogens is 488 g/mol. The number of halogens is 2. The van der Waals surface area contributed by atoms with Crippen LogP contribution in [-0.2, 0) is 14.8 Å². The van der Waals surface area contributed by atoms with E-state index >= 15 is 0 Å². The molecule has 0 spiro atoms. The summed E-state index contributed by atoms with van der Waals surface area (Å²) in [6.45, 7) is 2.41. The summed E-state index contributed by atoms with van der Waals surface area (Å²) in [6.07, 6.45) is 1.91. The Bertz CT molecular complexity index is 1210. The number of likely N-dealkylation sites (N-methyl/N-ethyl adjacent to an activating group) is 1. The van der Waals surface area contributed by atoms with Crippen molar-refractivity contribution in [3.63, 3.8) is 0 Å². The van der Waals surface area contributed by atoms with Gasteiger partial charge in [0, 0.05) is 32.6 Å². The molecule has 0 saturated carbocycles. The van der Waals surface area contributed by atoms with Crippen LogP contribution in [0.25, 0.3) is 0 Å². The number of hydrogen-bond acceptors (Lipinski definition) is 4. The molecule has 0 aliphatic carbocycles. The van der Waals surface area contributed by atoms with Crippen LogP contribution in [0.5, 0.6) is 0 Å². The molecule has 2 aliphatic heterocycles. The third-order valence-corrected chi connectivity index (χ3v) is 8.81. The molecule has 10 heteroatoms. The predicted octanol–water partition coefficient (Wildman–Crippen LogP) is 4.13. The maximum absolute atomic E-state index is 14.2. The fourth-order valence-electron chi connectivity index (χ4n) is 5.47. The van der Waals surface area contributed by atoms with Gasteiger partial charge in [-0.1, -0.05) is 30.3 Å². The van der Waals surface area contributed by atoms with Crippen molar-refractivity contribution in [2.45, 2.75) is 44.2 Å². The van der Waals surface area contributed by atoms with Crippen molar-refractivity contribution in [2.24, 2.45) is 5.92 Å². The van der Waals surface area contributed by atoms with Crippen molar-refractivity contribution in [1.82, 2.24) is 14.1 Å². The van der Waals surface area contributed by atoms with E-state index in [1.807, 2.05) is 37.3 Å². The smallest absolute Gasteiger partial charge is 0.322 e. The number of carbonyl (C=O) groups excluding carboxylic acids is 2. The van der Waals surface area contributed by atoms with E-state index in [-0.39, 0.29) is 31.5 Å². The molecule has 2 heterocycles. The summed E-state index contributed by atoms with van der Waals surface area (Å²) in [7, 11) is -1.71. The van der Waals surface area contributed by atoms with Crippen molar-refractivity contribution in [1.29, 1.82) is 0 Å². The number of urea groups is 1. The number of imide groups is 1. The highest BCUT2D eigenvalue weighted by Gasteiger charge is 2.46. The number of sulfonamides is 1. The Kier molecular flexibility index (Phi) is 7.47. The number of hydrogen-bond donors (Lipinski definition) is 0. The van der Waals surface area contributed by atoms with Gasteiger partial charge < -0.3 is 4.90 Å². The second-order valence-electron chi connectivity index (χ2n) is 9.77. The Hall–Kier alpha value is -2.85. The van der Waals surface area contributed by atoms with Gasteiger partial charge in [-0.3, -0.25) is 9.69 Å². The van der Waals surface area contributed by atoms with Crippen LogP contribution in [-0.4, -0.2) is 66.9 Å². The average molecular weight is 520 g/mol. The molecule has 0 aromatic heterocycles. The van der Waals surface area contributed by atoms with Crippen LogP contribution in [0.1, 0.15) is 49.3 Å². The summed E-state index contributed by atoms with van der Waals surface area (Å²) in [5.41, 5.74) is 1.16. The van der Waals surface area contributed by atoms with Crippen LogP contribution >= 0.6 is 0 Å². The number of carbonyl (C=O) groups is 2. The van der Waals surface area contributed by atoms with E-state index in [9.17, 15) is 26.8 Å². The van der Waals surface area contributed by atoms with Gasteiger partial charge in [-0.2, -0.15) is 0 Å². The molecule has 194 valence electrons. The molecule has 0 N–H and O–H groups in total. The lowest BCUT2D eigenvalue weighted by atomic mass is 9.78. The summed E-state index contributed by atoms with van der Waals surface area (Å²) < 4.78 is 53.7. The standard InChI is InChI=1S/C26H31F2N3O4S/c1-17-25(19-7-5-4-6-8-19)31(26(33)29(17)2)24(32)16-23(20-13-21(27)15-22(28)14-20)18-9-11-30(12-10-18)36(3,34)35/h4-8,13-15,17-18,23,25H,9-12,16H2,1-3H3/t17?,23-,25?/m0/s1. The number of amides is 3. The first-order chi connectivity index (χ1) is 17.0. The largest absolute Gasteiger partial charge is 0.327 e. The lowest BCUT2D eigenvalue weighted by Crippen LogP contribution is -2.41. The fourth-order valence-corrected chi connectivity index (χ4v) is 6.35. The maximum atomic E-state index is 14.2. The van der Waals surface area contributed by atoms with Crippen molar-refractivity contribution in [3.05, 3.63) is 71.3 Å². The summed E-state index contributed by atoms with van der Waals surface area (Å²) in [4.78, 5) is 29.7. The summed E-state index contributed by atoms with van der Waals surface area (Å²) in [5, 5.41) is 0. The van der Waals surface area contributed by atoms with Gasteiger partial charge in [-0.15, -0.1) is 0 Å². The van der Waals surface area contributed by atoms with Crippen LogP contribution in [0.3, 0.4) is 0 Å². The minimum absolute atomic E-state index is 0.123. The molecule has 7 nitrogen and oxygen atoms in total. The molecule has 0 radical (unpaired) electrons. The Morgan fingerprint density at radius 3 is 2.19 bits per heavy atom. The first-order valence-electron chi connectivity index (χ1n) is 12.0. The van der Waals surface area contributed by atoms with Crippen molar-refractivity contribution in [3.8, 4) is 0 Å². The molecule has 2 aromatic rings. The molecule has 2 aliphatic rings. The third kappa shape index (κ3) is 5.29. The van der Waals surface area contributed by atoms with Crippen LogP contribution in [0, 0.1) is 17.6 Å². The maximum Gasteiger partial charge on any atom is 0.327 e. The van der Waals surface area contributed by atoms with E-state index in [4.69, 9.17) is 0 Å². The number of rotatable bonds is 6. The molecule has 3 atom stereocenters. The van der Waals surface area contributed by atoms with Gasteiger partial charge in [0.15, 0.2) is 0 Å². The second-order valence-corrected chi connectivity index (χ2v) is 11.7. The summed E-state index contributed by atoms with van der Waals surface area (Å²) in [6, 6.07) is 11.3. The molecule has 0 bridgehead atoms. The Morgan fingerprint density at radius 1 is 1.06 bits per heavy atom. The van der Waals surface area contributed by atoms with E-state index in [0.29, 0.717) is 18.4 Å². The first kappa shape index (κ1) is 26.2. The Labute approximate surface area is 210 Å². The highest BCUT2D eigenvalue weighted by atomic mass is 32.2. The second kappa shape index (κ2) is 10.3. The Morgan fingerprint density at radius 2 is 1.64 bits per heavy atom. The van der Waals surface area contributed by atoms with Gasteiger partial charge in [-0.05, 0) is 54.9 Å². The number of benzene rings is 2. The van der Waals surface area contributed by atoms with E-state index < -0.39 is 45.6 Å². The van der Waals surface area contributed by atoms with Gasteiger partial charge >= 0.3 is 6.03 Å². The van der Waals surface area contributed by atoms with E-state index in [0.717, 1.165) is 17.9 Å². The van der Waals surface area contributed by atoms with Crippen LogP contribution in [0.15, 0.2) is 48.5 Å². The van der Waals surface area contributed by atoms with Gasteiger partial charge in [0.25, 0.3) is 0 Å². The summed E-state index contributed by atoms with van der Waals surface area (Å²) >= 11 is 0. The number of piperidine rings is 1. The van der Waals surface area contributed by atoms with Gasteiger partial charge in [-0.25, -0.2) is 26.3 Å². The minimum atomic E-state index is -3.36. The molecule has 2 saturated heterocycles. The zero-order valence-corrected chi connectivity index (χ0v) is 21.4. The molecule has 36 heavy (non-hydrogen) atoms. The molecule has 2 fully saturated rings. The van der Waals surface area contributed by atoms with Crippen molar-refractivity contribution in [2.75, 3.05) is 26.4 Å². The van der Waals surface area contributed by atoms with Crippen molar-refractivity contribution < 1.29 is 26.8 Å². The zero-order valence-electron chi connectivity index (χ0n) is 20.6. The van der Waals surface area contributed by atoms with Crippen LogP contribution < -0.4 is 0 Å². The SMILES string of the molecule is CC1C(c2ccccc2)N(C(=O)C[C@H](c2cc(F)cc(F)c2)C2CCN(S(C)(=O)=O)CC2)C(=O)N1C. The van der Waals surface area contributed by atoms with Gasteiger partial charge in [0.1, 0.15) is 11.6 Å². The van der Waals surface area contributed by atoms with E-state index in [1.54, 1.807) is 7.05 Å². The summed E-state index contributed by atoms with van der Waals surface area (Å²) in [5.74, 6) is -2.68. The first-order valence-corrected chi connectivity index (χ1v) is 13.9. The van der Waals surface area contributed by atoms with Gasteiger partial charge in [0.2, 0.25) is 15.9 Å². The molecule has 4 rings (SSSR count). The Balaban J connectivity index is 1.65. The quantitative estimate of drug-likeness (QED) is 0.575. The van der Waals surface area contributed by atoms with Crippen LogP contribution in [0.2, 0.25) is 0 Å². The fraction of sp³-hybridized carbons (Fsp3) is 0.462. The highest BCUT2D eigenvalue weighted by Crippen LogP contribution is 2.40. The van der Waals surface area contributed by atoms with Gasteiger partial charge in [0.05, 0.1) is 18.3 Å². The molecule has 3 amide bonds. The predicted molar refractivity (Wildman–Crippen MR) is 132 cm³/mol. The monoisotopic (exact) mass is 519 g/mol. The molecule has 2 aromatic carbocycles.